The SMILES string of the molecule is CC1([C@H](NC(=O)[C@H]2CC(=O)N(Cc3ccccn3)C2)c2c(F)ccc(Cl)c2Cl)CCCC1. The van der Waals surface area contributed by atoms with Crippen LogP contribution in [-0.2, 0) is 16.1 Å². The van der Waals surface area contributed by atoms with Crippen molar-refractivity contribution in [1.29, 1.82) is 0 Å². The summed E-state index contributed by atoms with van der Waals surface area (Å²) >= 11 is 12.6. The van der Waals surface area contributed by atoms with Gasteiger partial charge in [0.2, 0.25) is 11.8 Å². The average molecular weight is 478 g/mol. The molecule has 2 heterocycles. The molecule has 0 bridgehead atoms. The van der Waals surface area contributed by atoms with Crippen LogP contribution in [0.1, 0.15) is 56.3 Å². The molecule has 2 atom stereocenters. The number of halogens is 3. The number of hydrogen-bond acceptors (Lipinski definition) is 3. The highest BCUT2D eigenvalue weighted by Gasteiger charge is 2.43. The lowest BCUT2D eigenvalue weighted by atomic mass is 9.76. The molecule has 1 aliphatic heterocycles. The van der Waals surface area contributed by atoms with E-state index in [0.29, 0.717) is 13.1 Å². The highest BCUT2D eigenvalue weighted by molar-refractivity contribution is 6.42. The summed E-state index contributed by atoms with van der Waals surface area (Å²) in [7, 11) is 0. The van der Waals surface area contributed by atoms with E-state index in [-0.39, 0.29) is 39.3 Å². The number of pyridine rings is 1. The predicted molar refractivity (Wildman–Crippen MR) is 122 cm³/mol. The molecule has 1 saturated heterocycles. The Bertz CT molecular complexity index is 1010. The normalized spacial score (nSPS) is 21.1. The molecule has 2 amide bonds. The molecule has 2 fully saturated rings. The van der Waals surface area contributed by atoms with Gasteiger partial charge in [-0.05, 0) is 42.5 Å². The third-order valence-electron chi connectivity index (χ3n) is 6.76. The molecule has 2 aromatic rings. The highest BCUT2D eigenvalue weighted by atomic mass is 35.5. The number of benzene rings is 1. The third kappa shape index (κ3) is 4.62. The van der Waals surface area contributed by atoms with Crippen molar-refractivity contribution < 1.29 is 14.0 Å². The molecule has 1 saturated carbocycles. The highest BCUT2D eigenvalue weighted by Crippen LogP contribution is 2.50. The standard InChI is InChI=1S/C24H26Cl2FN3O2/c1-24(9-3-4-10-24)22(20-18(27)8-7-17(25)21(20)26)29-23(32)15-12-19(31)30(13-15)14-16-6-2-5-11-28-16/h2,5-8,11,15,22H,3-4,9-10,12-14H2,1H3,(H,29,32)/t15-,22+/m0/s1. The first kappa shape index (κ1) is 23.0. The minimum atomic E-state index is -0.622. The third-order valence-corrected chi connectivity index (χ3v) is 7.58. The topological polar surface area (TPSA) is 62.3 Å². The fourth-order valence-electron chi connectivity index (χ4n) is 4.92. The van der Waals surface area contributed by atoms with E-state index in [1.165, 1.54) is 12.1 Å². The lowest BCUT2D eigenvalue weighted by Crippen LogP contribution is -2.42. The predicted octanol–water partition coefficient (Wildman–Crippen LogP) is 5.31. The van der Waals surface area contributed by atoms with Crippen LogP contribution in [-0.4, -0.2) is 28.2 Å². The Morgan fingerprint density at radius 2 is 2.03 bits per heavy atom. The zero-order valence-electron chi connectivity index (χ0n) is 17.9. The van der Waals surface area contributed by atoms with Crippen molar-refractivity contribution in [2.75, 3.05) is 6.54 Å². The number of hydrogen-bond donors (Lipinski definition) is 1. The Morgan fingerprint density at radius 1 is 1.28 bits per heavy atom. The van der Waals surface area contributed by atoms with E-state index in [1.54, 1.807) is 11.1 Å². The van der Waals surface area contributed by atoms with Crippen LogP contribution in [0.15, 0.2) is 36.5 Å². The molecule has 1 aromatic heterocycles. The summed E-state index contributed by atoms with van der Waals surface area (Å²) in [5.41, 5.74) is 0.652. The van der Waals surface area contributed by atoms with Crippen molar-refractivity contribution in [3.8, 4) is 0 Å². The fourth-order valence-corrected chi connectivity index (χ4v) is 5.35. The first-order valence-electron chi connectivity index (χ1n) is 10.9. The molecule has 1 N–H and O–H groups in total. The summed E-state index contributed by atoms with van der Waals surface area (Å²) < 4.78 is 14.9. The van der Waals surface area contributed by atoms with E-state index in [0.717, 1.165) is 31.4 Å². The lowest BCUT2D eigenvalue weighted by Gasteiger charge is -2.36. The van der Waals surface area contributed by atoms with Gasteiger partial charge < -0.3 is 10.2 Å². The van der Waals surface area contributed by atoms with Crippen molar-refractivity contribution in [3.63, 3.8) is 0 Å². The summed E-state index contributed by atoms with van der Waals surface area (Å²) in [6, 6.07) is 7.61. The van der Waals surface area contributed by atoms with Crippen LogP contribution in [0.3, 0.4) is 0 Å². The summed E-state index contributed by atoms with van der Waals surface area (Å²) in [5.74, 6) is -1.36. The number of amides is 2. The first-order chi connectivity index (χ1) is 15.3. The fraction of sp³-hybridized carbons (Fsp3) is 0.458. The molecule has 4 rings (SSSR count). The van der Waals surface area contributed by atoms with E-state index in [9.17, 15) is 14.0 Å². The van der Waals surface area contributed by atoms with Crippen LogP contribution < -0.4 is 5.32 Å². The van der Waals surface area contributed by atoms with Crippen molar-refractivity contribution in [2.24, 2.45) is 11.3 Å². The van der Waals surface area contributed by atoms with Gasteiger partial charge in [0.1, 0.15) is 5.82 Å². The Hall–Kier alpha value is -2.18. The second kappa shape index (κ2) is 9.36. The summed E-state index contributed by atoms with van der Waals surface area (Å²) in [4.78, 5) is 31.7. The van der Waals surface area contributed by atoms with E-state index < -0.39 is 17.8 Å². The van der Waals surface area contributed by atoms with Gasteiger partial charge in [0.15, 0.2) is 0 Å². The number of nitrogens with zero attached hydrogens (tertiary/aromatic N) is 2. The van der Waals surface area contributed by atoms with Crippen LogP contribution in [0.4, 0.5) is 4.39 Å². The summed E-state index contributed by atoms with van der Waals surface area (Å²) in [5, 5.41) is 3.44. The van der Waals surface area contributed by atoms with Crippen LogP contribution in [0.25, 0.3) is 0 Å². The molecule has 5 nitrogen and oxygen atoms in total. The minimum absolute atomic E-state index is 0.0913. The Labute approximate surface area is 197 Å². The Kier molecular flexibility index (Phi) is 6.72. The van der Waals surface area contributed by atoms with E-state index in [1.807, 2.05) is 18.2 Å². The van der Waals surface area contributed by atoms with Crippen LogP contribution in [0.2, 0.25) is 10.0 Å². The first-order valence-corrected chi connectivity index (χ1v) is 11.7. The maximum absolute atomic E-state index is 14.9. The minimum Gasteiger partial charge on any atom is -0.348 e. The molecule has 0 spiro atoms. The molecular weight excluding hydrogens is 452 g/mol. The number of carbonyl (C=O) groups excluding carboxylic acids is 2. The van der Waals surface area contributed by atoms with Gasteiger partial charge in [0, 0.05) is 24.7 Å². The second-order valence-corrected chi connectivity index (χ2v) is 9.84. The number of likely N-dealkylation sites (tertiary alicyclic amines) is 1. The van der Waals surface area contributed by atoms with Crippen molar-refractivity contribution in [2.45, 2.75) is 51.6 Å². The van der Waals surface area contributed by atoms with Crippen LogP contribution in [0.5, 0.6) is 0 Å². The van der Waals surface area contributed by atoms with Gasteiger partial charge in [-0.3, -0.25) is 14.6 Å². The molecule has 0 radical (unpaired) electrons. The maximum atomic E-state index is 14.9. The van der Waals surface area contributed by atoms with Gasteiger partial charge in [0.05, 0.1) is 34.2 Å². The van der Waals surface area contributed by atoms with Crippen molar-refractivity contribution in [1.82, 2.24) is 15.2 Å². The van der Waals surface area contributed by atoms with E-state index >= 15 is 0 Å². The number of nitrogens with one attached hydrogen (secondary N) is 1. The number of aromatic nitrogens is 1. The maximum Gasteiger partial charge on any atom is 0.225 e. The number of rotatable bonds is 6. The van der Waals surface area contributed by atoms with Gasteiger partial charge in [0.25, 0.3) is 0 Å². The van der Waals surface area contributed by atoms with Crippen LogP contribution >= 0.6 is 23.2 Å². The molecule has 1 aliphatic carbocycles. The second-order valence-electron chi connectivity index (χ2n) is 9.06. The van der Waals surface area contributed by atoms with Crippen LogP contribution in [0, 0.1) is 17.2 Å². The molecule has 0 unspecified atom stereocenters. The molecule has 8 heteroatoms. The van der Waals surface area contributed by atoms with Gasteiger partial charge in [-0.25, -0.2) is 4.39 Å². The Balaban J connectivity index is 1.55. The molecule has 32 heavy (non-hydrogen) atoms. The lowest BCUT2D eigenvalue weighted by molar-refractivity contribution is -0.129. The molecular formula is C24H26Cl2FN3O2. The van der Waals surface area contributed by atoms with E-state index in [2.05, 4.69) is 17.2 Å². The largest absolute Gasteiger partial charge is 0.348 e. The summed E-state index contributed by atoms with van der Waals surface area (Å²) in [6.45, 7) is 2.71. The Morgan fingerprint density at radius 3 is 2.72 bits per heavy atom. The summed E-state index contributed by atoms with van der Waals surface area (Å²) in [6.07, 6.45) is 5.49. The molecule has 1 aromatic carbocycles. The van der Waals surface area contributed by atoms with Gasteiger partial charge in [-0.1, -0.05) is 49.0 Å². The molecule has 170 valence electrons. The van der Waals surface area contributed by atoms with Gasteiger partial charge >= 0.3 is 0 Å². The zero-order valence-corrected chi connectivity index (χ0v) is 19.4. The number of carbonyl (C=O) groups is 2. The average Bonchev–Trinajstić information content (AvgIpc) is 3.37. The smallest absolute Gasteiger partial charge is 0.225 e. The zero-order chi connectivity index (χ0) is 22.9. The quantitative estimate of drug-likeness (QED) is 0.573. The van der Waals surface area contributed by atoms with Crippen molar-refractivity contribution in [3.05, 3.63) is 63.6 Å². The van der Waals surface area contributed by atoms with Crippen molar-refractivity contribution >= 4 is 35.0 Å². The monoisotopic (exact) mass is 477 g/mol. The van der Waals surface area contributed by atoms with Gasteiger partial charge in [-0.2, -0.15) is 0 Å². The molecule has 2 aliphatic rings. The van der Waals surface area contributed by atoms with Gasteiger partial charge in [-0.15, -0.1) is 0 Å². The van der Waals surface area contributed by atoms with E-state index in [4.69, 9.17) is 23.2 Å².